The van der Waals surface area contributed by atoms with Gasteiger partial charge in [-0.05, 0) is 32.7 Å². The normalized spacial score (nSPS) is 27.4. The second-order valence-corrected chi connectivity index (χ2v) is 6.27. The standard InChI is InChI=1S/C11H22N2O2S/c1-3-16(15)9-8-12-10(14)11(2)6-4-5-7-13-11/h13H,3-9H2,1-2H3,(H,12,14). The first-order chi connectivity index (χ1) is 7.58. The fraction of sp³-hybridized carbons (Fsp3) is 0.909. The number of nitrogens with one attached hydrogen (secondary N) is 2. The molecule has 1 aliphatic heterocycles. The van der Waals surface area contributed by atoms with E-state index < -0.39 is 16.3 Å². The number of hydrogen-bond acceptors (Lipinski definition) is 3. The van der Waals surface area contributed by atoms with Crippen molar-refractivity contribution >= 4 is 16.7 Å². The zero-order chi connectivity index (χ0) is 12.0. The topological polar surface area (TPSA) is 58.2 Å². The first kappa shape index (κ1) is 13.6. The lowest BCUT2D eigenvalue weighted by atomic mass is 9.90. The highest BCUT2D eigenvalue weighted by molar-refractivity contribution is 7.84. The third kappa shape index (κ3) is 3.87. The van der Waals surface area contributed by atoms with E-state index in [1.165, 1.54) is 0 Å². The van der Waals surface area contributed by atoms with Crippen molar-refractivity contribution in [2.45, 2.75) is 38.6 Å². The largest absolute Gasteiger partial charge is 0.354 e. The van der Waals surface area contributed by atoms with Gasteiger partial charge in [-0.15, -0.1) is 0 Å². The number of carbonyl (C=O) groups is 1. The van der Waals surface area contributed by atoms with Gasteiger partial charge in [0, 0.05) is 28.9 Å². The number of piperidine rings is 1. The second-order valence-electron chi connectivity index (χ2n) is 4.40. The monoisotopic (exact) mass is 246 g/mol. The minimum absolute atomic E-state index is 0.0419. The molecule has 0 spiro atoms. The van der Waals surface area contributed by atoms with Crippen LogP contribution in [0.5, 0.6) is 0 Å². The van der Waals surface area contributed by atoms with E-state index in [-0.39, 0.29) is 5.91 Å². The van der Waals surface area contributed by atoms with Crippen molar-refractivity contribution in [1.29, 1.82) is 0 Å². The average molecular weight is 246 g/mol. The summed E-state index contributed by atoms with van der Waals surface area (Å²) in [7, 11) is -0.797. The predicted molar refractivity (Wildman–Crippen MR) is 66.8 cm³/mol. The van der Waals surface area contributed by atoms with Gasteiger partial charge in [-0.2, -0.15) is 0 Å². The van der Waals surface area contributed by atoms with E-state index in [1.807, 2.05) is 13.8 Å². The Morgan fingerprint density at radius 3 is 2.81 bits per heavy atom. The minimum Gasteiger partial charge on any atom is -0.354 e. The molecule has 94 valence electrons. The summed E-state index contributed by atoms with van der Waals surface area (Å²) in [5, 5.41) is 6.12. The van der Waals surface area contributed by atoms with E-state index in [1.54, 1.807) is 0 Å². The molecule has 5 heteroatoms. The molecule has 0 aromatic rings. The molecule has 1 saturated heterocycles. The Morgan fingerprint density at radius 1 is 1.50 bits per heavy atom. The van der Waals surface area contributed by atoms with Crippen molar-refractivity contribution in [2.75, 3.05) is 24.6 Å². The zero-order valence-corrected chi connectivity index (χ0v) is 11.0. The summed E-state index contributed by atoms with van der Waals surface area (Å²) in [4.78, 5) is 11.9. The van der Waals surface area contributed by atoms with Crippen LogP contribution in [0.25, 0.3) is 0 Å². The summed E-state index contributed by atoms with van der Waals surface area (Å²) in [5.74, 6) is 1.25. The van der Waals surface area contributed by atoms with E-state index >= 15 is 0 Å². The average Bonchev–Trinajstić information content (AvgIpc) is 2.29. The van der Waals surface area contributed by atoms with Gasteiger partial charge in [-0.1, -0.05) is 6.92 Å². The van der Waals surface area contributed by atoms with Gasteiger partial charge in [0.15, 0.2) is 0 Å². The van der Waals surface area contributed by atoms with Crippen LogP contribution in [0.3, 0.4) is 0 Å². The van der Waals surface area contributed by atoms with Crippen molar-refractivity contribution in [3.63, 3.8) is 0 Å². The second kappa shape index (κ2) is 6.35. The van der Waals surface area contributed by atoms with Crippen molar-refractivity contribution in [3.8, 4) is 0 Å². The maximum Gasteiger partial charge on any atom is 0.240 e. The summed E-state index contributed by atoms with van der Waals surface area (Å²) in [5.41, 5.74) is -0.425. The number of amides is 1. The zero-order valence-electron chi connectivity index (χ0n) is 10.2. The quantitative estimate of drug-likeness (QED) is 0.738. The molecule has 0 aromatic heterocycles. The van der Waals surface area contributed by atoms with Gasteiger partial charge in [0.2, 0.25) is 5.91 Å². The smallest absolute Gasteiger partial charge is 0.240 e. The first-order valence-corrected chi connectivity index (χ1v) is 7.45. The van der Waals surface area contributed by atoms with Crippen molar-refractivity contribution in [3.05, 3.63) is 0 Å². The third-order valence-electron chi connectivity index (χ3n) is 3.06. The van der Waals surface area contributed by atoms with Crippen LogP contribution in [0.15, 0.2) is 0 Å². The van der Waals surface area contributed by atoms with Crippen LogP contribution in [-0.2, 0) is 15.6 Å². The lowest BCUT2D eigenvalue weighted by Gasteiger charge is -2.33. The SMILES string of the molecule is CCS(=O)CCNC(=O)C1(C)CCCCN1. The Bertz CT molecular complexity index is 263. The molecule has 0 bridgehead atoms. The van der Waals surface area contributed by atoms with Gasteiger partial charge >= 0.3 is 0 Å². The summed E-state index contributed by atoms with van der Waals surface area (Å²) in [6.45, 7) is 5.25. The minimum atomic E-state index is -0.797. The highest BCUT2D eigenvalue weighted by atomic mass is 32.2. The molecular formula is C11H22N2O2S. The Labute approximate surface area is 100 Å². The molecule has 0 aliphatic carbocycles. The molecule has 1 rings (SSSR count). The summed E-state index contributed by atoms with van der Waals surface area (Å²) < 4.78 is 11.2. The lowest BCUT2D eigenvalue weighted by Crippen LogP contribution is -2.57. The lowest BCUT2D eigenvalue weighted by molar-refractivity contribution is -0.127. The maximum absolute atomic E-state index is 11.9. The van der Waals surface area contributed by atoms with Gasteiger partial charge in [-0.3, -0.25) is 9.00 Å². The van der Waals surface area contributed by atoms with Crippen LogP contribution in [0.2, 0.25) is 0 Å². The Balaban J connectivity index is 2.31. The van der Waals surface area contributed by atoms with Gasteiger partial charge < -0.3 is 10.6 Å². The molecule has 0 radical (unpaired) electrons. The van der Waals surface area contributed by atoms with E-state index in [9.17, 15) is 9.00 Å². The molecule has 16 heavy (non-hydrogen) atoms. The maximum atomic E-state index is 11.9. The molecule has 4 nitrogen and oxygen atoms in total. The summed E-state index contributed by atoms with van der Waals surface area (Å²) in [6.07, 6.45) is 3.12. The van der Waals surface area contributed by atoms with E-state index in [4.69, 9.17) is 0 Å². The molecule has 0 aromatic carbocycles. The Hall–Kier alpha value is -0.420. The number of hydrogen-bond donors (Lipinski definition) is 2. The number of carbonyl (C=O) groups excluding carboxylic acids is 1. The van der Waals surface area contributed by atoms with Crippen LogP contribution in [0, 0.1) is 0 Å². The molecule has 1 heterocycles. The number of rotatable bonds is 5. The first-order valence-electron chi connectivity index (χ1n) is 5.97. The van der Waals surface area contributed by atoms with Crippen LogP contribution in [0.1, 0.15) is 33.1 Å². The van der Waals surface area contributed by atoms with E-state index in [2.05, 4.69) is 10.6 Å². The highest BCUT2D eigenvalue weighted by Crippen LogP contribution is 2.18. The molecular weight excluding hydrogens is 224 g/mol. The third-order valence-corrected chi connectivity index (χ3v) is 4.36. The van der Waals surface area contributed by atoms with Crippen molar-refractivity contribution < 1.29 is 9.00 Å². The van der Waals surface area contributed by atoms with E-state index in [0.29, 0.717) is 18.1 Å². The fourth-order valence-corrected chi connectivity index (χ4v) is 2.49. The van der Waals surface area contributed by atoms with Gasteiger partial charge in [0.25, 0.3) is 0 Å². The molecule has 2 N–H and O–H groups in total. The molecule has 1 fully saturated rings. The summed E-state index contributed by atoms with van der Waals surface area (Å²) in [6, 6.07) is 0. The predicted octanol–water partition coefficient (Wildman–Crippen LogP) is 0.403. The molecule has 1 aliphatic rings. The van der Waals surface area contributed by atoms with Gasteiger partial charge in [0.05, 0.1) is 5.54 Å². The van der Waals surface area contributed by atoms with Gasteiger partial charge in [0.1, 0.15) is 0 Å². The van der Waals surface area contributed by atoms with Crippen LogP contribution < -0.4 is 10.6 Å². The van der Waals surface area contributed by atoms with Crippen molar-refractivity contribution in [1.82, 2.24) is 10.6 Å². The van der Waals surface area contributed by atoms with Crippen LogP contribution >= 0.6 is 0 Å². The van der Waals surface area contributed by atoms with Crippen molar-refractivity contribution in [2.24, 2.45) is 0 Å². The molecule has 2 unspecified atom stereocenters. The Kier molecular flexibility index (Phi) is 5.41. The van der Waals surface area contributed by atoms with Gasteiger partial charge in [-0.25, -0.2) is 0 Å². The molecule has 2 atom stereocenters. The van der Waals surface area contributed by atoms with Crippen LogP contribution in [-0.4, -0.2) is 40.3 Å². The van der Waals surface area contributed by atoms with Crippen LogP contribution in [0.4, 0.5) is 0 Å². The Morgan fingerprint density at radius 2 is 2.25 bits per heavy atom. The van der Waals surface area contributed by atoms with E-state index in [0.717, 1.165) is 25.8 Å². The molecule has 1 amide bonds. The highest BCUT2D eigenvalue weighted by Gasteiger charge is 2.33. The summed E-state index contributed by atoms with van der Waals surface area (Å²) >= 11 is 0. The fourth-order valence-electron chi connectivity index (χ4n) is 1.87. The molecule has 0 saturated carbocycles.